The van der Waals surface area contributed by atoms with E-state index in [-0.39, 0.29) is 11.8 Å². The van der Waals surface area contributed by atoms with Gasteiger partial charge in [0.05, 0.1) is 17.8 Å². The van der Waals surface area contributed by atoms with Crippen LogP contribution in [-0.2, 0) is 16.6 Å². The van der Waals surface area contributed by atoms with E-state index in [9.17, 15) is 9.59 Å². The summed E-state index contributed by atoms with van der Waals surface area (Å²) in [4.78, 5) is 28.2. The molecule has 0 saturated carbocycles. The highest BCUT2D eigenvalue weighted by Crippen LogP contribution is 2.27. The average Bonchev–Trinajstić information content (AvgIpc) is 3.25. The zero-order chi connectivity index (χ0) is 25.7. The van der Waals surface area contributed by atoms with E-state index in [1.807, 2.05) is 51.1 Å². The van der Waals surface area contributed by atoms with Gasteiger partial charge in [0.1, 0.15) is 17.3 Å². The van der Waals surface area contributed by atoms with Gasteiger partial charge in [0.2, 0.25) is 5.91 Å². The van der Waals surface area contributed by atoms with Crippen molar-refractivity contribution in [3.63, 3.8) is 0 Å². The number of primary amides is 1. The zero-order valence-corrected chi connectivity index (χ0v) is 20.4. The Labute approximate surface area is 209 Å². The van der Waals surface area contributed by atoms with Crippen molar-refractivity contribution >= 4 is 23.4 Å². The van der Waals surface area contributed by atoms with Gasteiger partial charge in [0.25, 0.3) is 0 Å². The van der Waals surface area contributed by atoms with E-state index in [4.69, 9.17) is 15.6 Å². The minimum absolute atomic E-state index is 0.116. The molecule has 0 aliphatic carbocycles. The van der Waals surface area contributed by atoms with Crippen molar-refractivity contribution < 1.29 is 14.3 Å². The van der Waals surface area contributed by atoms with Gasteiger partial charge in [-0.05, 0) is 54.1 Å². The Hall–Kier alpha value is -4.66. The normalized spacial score (nSPS) is 11.1. The quantitative estimate of drug-likeness (QED) is 0.339. The molecule has 184 valence electrons. The molecule has 0 spiro atoms. The van der Waals surface area contributed by atoms with Crippen LogP contribution in [0.4, 0.5) is 16.3 Å². The van der Waals surface area contributed by atoms with Gasteiger partial charge in [0.15, 0.2) is 0 Å². The molecular weight excluding hydrogens is 456 g/mol. The van der Waals surface area contributed by atoms with Gasteiger partial charge < -0.3 is 15.8 Å². The minimum Gasteiger partial charge on any atom is -0.457 e. The van der Waals surface area contributed by atoms with Crippen molar-refractivity contribution in [3.8, 4) is 17.2 Å². The molecule has 0 radical (unpaired) electrons. The lowest BCUT2D eigenvalue weighted by atomic mass is 9.92. The van der Waals surface area contributed by atoms with Crippen molar-refractivity contribution in [1.82, 2.24) is 14.8 Å². The third-order valence-electron chi connectivity index (χ3n) is 5.25. The van der Waals surface area contributed by atoms with Crippen LogP contribution in [-0.4, -0.2) is 26.7 Å². The highest BCUT2D eigenvalue weighted by Gasteiger charge is 2.22. The second-order valence-electron chi connectivity index (χ2n) is 9.28. The number of nitrogens with one attached hydrogen (secondary N) is 2. The minimum atomic E-state index is -0.423. The monoisotopic (exact) mass is 484 g/mol. The largest absolute Gasteiger partial charge is 0.457 e. The van der Waals surface area contributed by atoms with Gasteiger partial charge >= 0.3 is 6.03 Å². The van der Waals surface area contributed by atoms with Crippen LogP contribution in [0.3, 0.4) is 0 Å². The highest BCUT2D eigenvalue weighted by atomic mass is 16.5. The third-order valence-corrected chi connectivity index (χ3v) is 5.25. The topological polar surface area (TPSA) is 124 Å². The number of urea groups is 1. The number of carbonyl (C=O) groups excluding carboxylic acids is 2. The van der Waals surface area contributed by atoms with Gasteiger partial charge in [-0.1, -0.05) is 32.9 Å². The molecule has 3 amide bonds. The van der Waals surface area contributed by atoms with E-state index in [0.29, 0.717) is 28.7 Å². The first-order valence-electron chi connectivity index (χ1n) is 11.4. The Morgan fingerprint density at radius 3 is 2.31 bits per heavy atom. The number of anilines is 2. The first-order chi connectivity index (χ1) is 17.2. The number of aromatic nitrogens is 3. The third kappa shape index (κ3) is 6.26. The molecular formula is C27H28N6O3. The Morgan fingerprint density at radius 2 is 1.64 bits per heavy atom. The lowest BCUT2D eigenvalue weighted by molar-refractivity contribution is -0.117. The van der Waals surface area contributed by atoms with E-state index >= 15 is 0 Å². The van der Waals surface area contributed by atoms with Crippen LogP contribution in [0, 0.1) is 0 Å². The van der Waals surface area contributed by atoms with Crippen molar-refractivity contribution in [2.75, 3.05) is 10.6 Å². The fourth-order valence-electron chi connectivity index (χ4n) is 3.46. The van der Waals surface area contributed by atoms with Crippen LogP contribution in [0.25, 0.3) is 5.69 Å². The second-order valence-corrected chi connectivity index (χ2v) is 9.28. The molecule has 4 rings (SSSR count). The lowest BCUT2D eigenvalue weighted by Crippen LogP contribution is -2.21. The van der Waals surface area contributed by atoms with Gasteiger partial charge in [-0.2, -0.15) is 5.10 Å². The van der Waals surface area contributed by atoms with Gasteiger partial charge in [-0.3, -0.25) is 15.1 Å². The number of amides is 3. The molecule has 4 N–H and O–H groups in total. The molecule has 0 aliphatic rings. The number of hydrogen-bond donors (Lipinski definition) is 3. The summed E-state index contributed by atoms with van der Waals surface area (Å²) >= 11 is 0. The molecule has 9 heteroatoms. The fourth-order valence-corrected chi connectivity index (χ4v) is 3.46. The summed E-state index contributed by atoms with van der Waals surface area (Å²) in [6.45, 7) is 6.13. The molecule has 0 aliphatic heterocycles. The van der Waals surface area contributed by atoms with Crippen molar-refractivity contribution in [2.24, 2.45) is 5.73 Å². The Morgan fingerprint density at radius 1 is 0.944 bits per heavy atom. The van der Waals surface area contributed by atoms with Crippen LogP contribution in [0.15, 0.2) is 79.1 Å². The summed E-state index contributed by atoms with van der Waals surface area (Å²) in [5.41, 5.74) is 7.98. The highest BCUT2D eigenvalue weighted by molar-refractivity contribution is 5.99. The van der Waals surface area contributed by atoms with E-state index in [1.165, 1.54) is 0 Å². The van der Waals surface area contributed by atoms with Crippen LogP contribution >= 0.6 is 0 Å². The molecule has 0 saturated heterocycles. The predicted octanol–water partition coefficient (Wildman–Crippen LogP) is 5.03. The Kier molecular flexibility index (Phi) is 7.00. The molecule has 0 atom stereocenters. The molecule has 0 bridgehead atoms. The number of nitrogens with zero attached hydrogens (tertiary/aromatic N) is 3. The molecule has 2 aromatic heterocycles. The van der Waals surface area contributed by atoms with Crippen LogP contribution < -0.4 is 21.1 Å². The molecule has 2 aromatic carbocycles. The molecule has 36 heavy (non-hydrogen) atoms. The van der Waals surface area contributed by atoms with E-state index in [0.717, 1.165) is 11.3 Å². The number of pyridine rings is 1. The first kappa shape index (κ1) is 24.5. The summed E-state index contributed by atoms with van der Waals surface area (Å²) < 4.78 is 7.41. The Balaban J connectivity index is 1.51. The number of carbonyl (C=O) groups is 2. The maximum absolute atomic E-state index is 12.9. The van der Waals surface area contributed by atoms with Crippen molar-refractivity contribution in [3.05, 3.63) is 90.4 Å². The standard InChI is InChI=1S/C27H28N6O3/c1-27(2,3)23-17-25(33(32-23)20-6-4-5-18(15-20)16-24(28)34)31-26(35)30-19-7-9-21(10-8-19)36-22-11-13-29-14-12-22/h4-15,17H,16H2,1-3H3,(H2,28,34)(H2,30,31,35). The maximum Gasteiger partial charge on any atom is 0.324 e. The lowest BCUT2D eigenvalue weighted by Gasteiger charge is -2.14. The first-order valence-corrected chi connectivity index (χ1v) is 11.4. The maximum atomic E-state index is 12.9. The van der Waals surface area contributed by atoms with Crippen LogP contribution in [0.2, 0.25) is 0 Å². The zero-order valence-electron chi connectivity index (χ0n) is 20.4. The average molecular weight is 485 g/mol. The van der Waals surface area contributed by atoms with Crippen molar-refractivity contribution in [2.45, 2.75) is 32.6 Å². The van der Waals surface area contributed by atoms with Crippen LogP contribution in [0.1, 0.15) is 32.0 Å². The SMILES string of the molecule is CC(C)(C)c1cc(NC(=O)Nc2ccc(Oc3ccncc3)cc2)n(-c2cccc(CC(N)=O)c2)n1. The smallest absolute Gasteiger partial charge is 0.324 e. The number of rotatable bonds is 7. The molecule has 2 heterocycles. The van der Waals surface area contributed by atoms with Crippen LogP contribution in [0.5, 0.6) is 11.5 Å². The molecule has 4 aromatic rings. The summed E-state index contributed by atoms with van der Waals surface area (Å²) in [5, 5.41) is 10.4. The second kappa shape index (κ2) is 10.3. The molecule has 9 nitrogen and oxygen atoms in total. The fraction of sp³-hybridized carbons (Fsp3) is 0.185. The number of hydrogen-bond acceptors (Lipinski definition) is 5. The number of ether oxygens (including phenoxy) is 1. The van der Waals surface area contributed by atoms with Gasteiger partial charge in [-0.15, -0.1) is 0 Å². The Bertz CT molecular complexity index is 1360. The summed E-state index contributed by atoms with van der Waals surface area (Å²) in [6, 6.07) is 19.3. The summed E-state index contributed by atoms with van der Waals surface area (Å²) in [6.07, 6.45) is 3.42. The summed E-state index contributed by atoms with van der Waals surface area (Å²) in [7, 11) is 0. The van der Waals surface area contributed by atoms with E-state index in [1.54, 1.807) is 53.5 Å². The van der Waals surface area contributed by atoms with Gasteiger partial charge in [-0.25, -0.2) is 9.48 Å². The van der Waals surface area contributed by atoms with E-state index < -0.39 is 11.9 Å². The molecule has 0 unspecified atom stereocenters. The van der Waals surface area contributed by atoms with E-state index in [2.05, 4.69) is 15.6 Å². The number of nitrogens with two attached hydrogens (primary N) is 1. The molecule has 0 fully saturated rings. The van der Waals surface area contributed by atoms with Crippen molar-refractivity contribution in [1.29, 1.82) is 0 Å². The van der Waals surface area contributed by atoms with Gasteiger partial charge in [0, 0.05) is 29.6 Å². The predicted molar refractivity (Wildman–Crippen MR) is 139 cm³/mol. The summed E-state index contributed by atoms with van der Waals surface area (Å²) in [5.74, 6) is 1.38. The number of benzene rings is 2.